The minimum Gasteiger partial charge on any atom is -0.360 e. The molecule has 0 aliphatic heterocycles. The van der Waals surface area contributed by atoms with Gasteiger partial charge in [-0.05, 0) is 29.6 Å². The van der Waals surface area contributed by atoms with E-state index in [0.717, 1.165) is 10.9 Å². The summed E-state index contributed by atoms with van der Waals surface area (Å²) in [5, 5.41) is 11.9. The summed E-state index contributed by atoms with van der Waals surface area (Å²) < 4.78 is 0. The zero-order valence-electron chi connectivity index (χ0n) is 9.61. The first-order valence-electron chi connectivity index (χ1n) is 5.49. The van der Waals surface area contributed by atoms with E-state index in [-0.39, 0.29) is 5.78 Å². The van der Waals surface area contributed by atoms with Crippen LogP contribution in [0.2, 0.25) is 5.02 Å². The van der Waals surface area contributed by atoms with Crippen LogP contribution in [0, 0.1) is 11.3 Å². The molecule has 2 heterocycles. The molecule has 0 aliphatic rings. The topological polar surface area (TPSA) is 56.6 Å². The van der Waals surface area contributed by atoms with Gasteiger partial charge in [-0.1, -0.05) is 11.6 Å². The van der Waals surface area contributed by atoms with E-state index in [1.165, 1.54) is 11.3 Å². The van der Waals surface area contributed by atoms with Crippen molar-refractivity contribution in [3.8, 4) is 6.07 Å². The molecule has 92 valence electrons. The highest BCUT2D eigenvalue weighted by Gasteiger charge is 2.18. The predicted molar refractivity (Wildman–Crippen MR) is 75.8 cm³/mol. The maximum absolute atomic E-state index is 12.4. The molecule has 2 aromatic heterocycles. The molecule has 0 saturated heterocycles. The molecule has 0 unspecified atom stereocenters. The van der Waals surface area contributed by atoms with E-state index in [1.807, 2.05) is 0 Å². The van der Waals surface area contributed by atoms with Gasteiger partial charge in [0.1, 0.15) is 0 Å². The van der Waals surface area contributed by atoms with Crippen molar-refractivity contribution < 1.29 is 4.79 Å². The minimum absolute atomic E-state index is 0.124. The Morgan fingerprint density at radius 1 is 1.37 bits per heavy atom. The number of carbonyl (C=O) groups is 1. The zero-order valence-corrected chi connectivity index (χ0v) is 11.2. The molecule has 0 fully saturated rings. The van der Waals surface area contributed by atoms with Gasteiger partial charge >= 0.3 is 0 Å². The van der Waals surface area contributed by atoms with Crippen molar-refractivity contribution in [2.24, 2.45) is 0 Å². The second-order valence-electron chi connectivity index (χ2n) is 4.00. The van der Waals surface area contributed by atoms with Crippen LogP contribution in [-0.4, -0.2) is 10.8 Å². The van der Waals surface area contributed by atoms with Crippen molar-refractivity contribution in [2.45, 2.75) is 0 Å². The number of benzene rings is 1. The number of carbonyl (C=O) groups excluding carboxylic acids is 1. The molecule has 3 aromatic rings. The van der Waals surface area contributed by atoms with Crippen molar-refractivity contribution >= 4 is 39.6 Å². The fourth-order valence-electron chi connectivity index (χ4n) is 1.96. The van der Waals surface area contributed by atoms with Crippen LogP contribution in [0.15, 0.2) is 35.8 Å². The lowest BCUT2D eigenvalue weighted by Gasteiger charge is -1.98. The summed E-state index contributed by atoms with van der Waals surface area (Å²) in [6.07, 6.45) is 1.66. The number of halogens is 1. The molecule has 0 aliphatic carbocycles. The third kappa shape index (κ3) is 1.93. The molecule has 19 heavy (non-hydrogen) atoms. The fraction of sp³-hybridized carbons (Fsp3) is 0. The van der Waals surface area contributed by atoms with Crippen LogP contribution >= 0.6 is 22.9 Å². The molecule has 0 atom stereocenters. The highest BCUT2D eigenvalue weighted by atomic mass is 35.5. The van der Waals surface area contributed by atoms with Crippen molar-refractivity contribution in [3.63, 3.8) is 0 Å². The molecule has 3 nitrogen and oxygen atoms in total. The van der Waals surface area contributed by atoms with Gasteiger partial charge in [-0.2, -0.15) is 5.26 Å². The van der Waals surface area contributed by atoms with Crippen LogP contribution in [0.1, 0.15) is 20.8 Å². The smallest absolute Gasteiger partial charge is 0.206 e. The molecule has 0 spiro atoms. The number of thiophene rings is 1. The highest BCUT2D eigenvalue weighted by molar-refractivity contribution is 7.13. The second kappa shape index (κ2) is 4.54. The first-order chi connectivity index (χ1) is 9.20. The van der Waals surface area contributed by atoms with Crippen molar-refractivity contribution in [2.75, 3.05) is 0 Å². The van der Waals surface area contributed by atoms with Crippen LogP contribution in [0.3, 0.4) is 0 Å². The molecule has 0 amide bonds. The van der Waals surface area contributed by atoms with Crippen LogP contribution in [0.25, 0.3) is 10.9 Å². The SMILES string of the molecule is N#Cc1ccc2[nH]cc(C(=O)c3sccc3Cl)c2c1. The van der Waals surface area contributed by atoms with Crippen LogP contribution in [0.5, 0.6) is 0 Å². The van der Waals surface area contributed by atoms with Gasteiger partial charge < -0.3 is 4.98 Å². The number of nitriles is 1. The van der Waals surface area contributed by atoms with Crippen molar-refractivity contribution in [3.05, 3.63) is 56.9 Å². The van der Waals surface area contributed by atoms with Crippen LogP contribution < -0.4 is 0 Å². The molecule has 0 bridgehead atoms. The van der Waals surface area contributed by atoms with E-state index in [9.17, 15) is 4.79 Å². The van der Waals surface area contributed by atoms with E-state index < -0.39 is 0 Å². The van der Waals surface area contributed by atoms with Crippen LogP contribution in [-0.2, 0) is 0 Å². The second-order valence-corrected chi connectivity index (χ2v) is 5.32. The van der Waals surface area contributed by atoms with E-state index in [1.54, 1.807) is 35.8 Å². The third-order valence-electron chi connectivity index (χ3n) is 2.88. The molecule has 1 aromatic carbocycles. The van der Waals surface area contributed by atoms with Gasteiger partial charge in [0.25, 0.3) is 0 Å². The third-order valence-corrected chi connectivity index (χ3v) is 4.22. The number of hydrogen-bond donors (Lipinski definition) is 1. The number of aromatic nitrogens is 1. The summed E-state index contributed by atoms with van der Waals surface area (Å²) in [7, 11) is 0. The summed E-state index contributed by atoms with van der Waals surface area (Å²) in [4.78, 5) is 16.0. The highest BCUT2D eigenvalue weighted by Crippen LogP contribution is 2.28. The molecule has 3 rings (SSSR count). The van der Waals surface area contributed by atoms with Gasteiger partial charge in [-0.25, -0.2) is 0 Å². The van der Waals surface area contributed by atoms with Gasteiger partial charge in [0.2, 0.25) is 5.78 Å². The first-order valence-corrected chi connectivity index (χ1v) is 6.75. The van der Waals surface area contributed by atoms with E-state index in [4.69, 9.17) is 16.9 Å². The summed E-state index contributed by atoms with van der Waals surface area (Å²) in [5.41, 5.74) is 1.89. The normalized spacial score (nSPS) is 10.5. The number of aromatic amines is 1. The lowest BCUT2D eigenvalue weighted by atomic mass is 10.1. The number of ketones is 1. The Bertz CT molecular complexity index is 825. The number of nitrogens with zero attached hydrogens (tertiary/aromatic N) is 1. The number of rotatable bonds is 2. The molecular formula is C14H7ClN2OS. The van der Waals surface area contributed by atoms with E-state index in [0.29, 0.717) is 21.0 Å². The van der Waals surface area contributed by atoms with Crippen LogP contribution in [0.4, 0.5) is 0 Å². The van der Waals surface area contributed by atoms with Gasteiger partial charge in [0, 0.05) is 22.7 Å². The van der Waals surface area contributed by atoms with Gasteiger partial charge in [-0.3, -0.25) is 4.79 Å². The fourth-order valence-corrected chi connectivity index (χ4v) is 3.05. The average Bonchev–Trinajstić information content (AvgIpc) is 3.03. The Labute approximate surface area is 118 Å². The lowest BCUT2D eigenvalue weighted by Crippen LogP contribution is -1.98. The largest absolute Gasteiger partial charge is 0.360 e. The summed E-state index contributed by atoms with van der Waals surface area (Å²) in [6, 6.07) is 8.99. The summed E-state index contributed by atoms with van der Waals surface area (Å²) >= 11 is 7.30. The summed E-state index contributed by atoms with van der Waals surface area (Å²) in [6.45, 7) is 0. The Balaban J connectivity index is 2.18. The predicted octanol–water partition coefficient (Wildman–Crippen LogP) is 3.99. The number of nitrogens with one attached hydrogen (secondary N) is 1. The standard InChI is InChI=1S/C14H7ClN2OS/c15-11-3-4-19-14(11)13(18)10-7-17-12-2-1-8(6-16)5-9(10)12/h1-5,7,17H. The zero-order chi connectivity index (χ0) is 13.4. The van der Waals surface area contributed by atoms with E-state index >= 15 is 0 Å². The quantitative estimate of drug-likeness (QED) is 0.724. The van der Waals surface area contributed by atoms with E-state index in [2.05, 4.69) is 11.1 Å². The molecule has 1 N–H and O–H groups in total. The molecule has 0 radical (unpaired) electrons. The monoisotopic (exact) mass is 286 g/mol. The number of fused-ring (bicyclic) bond motifs is 1. The molecule has 5 heteroatoms. The Morgan fingerprint density at radius 3 is 2.89 bits per heavy atom. The lowest BCUT2D eigenvalue weighted by molar-refractivity contribution is 0.104. The molecular weight excluding hydrogens is 280 g/mol. The van der Waals surface area contributed by atoms with Gasteiger partial charge in [-0.15, -0.1) is 11.3 Å². The number of H-pyrrole nitrogens is 1. The number of hydrogen-bond acceptors (Lipinski definition) is 3. The molecule has 0 saturated carbocycles. The van der Waals surface area contributed by atoms with Crippen molar-refractivity contribution in [1.82, 2.24) is 4.98 Å². The Morgan fingerprint density at radius 2 is 2.21 bits per heavy atom. The maximum atomic E-state index is 12.4. The van der Waals surface area contributed by atoms with Gasteiger partial charge in [0.15, 0.2) is 0 Å². The van der Waals surface area contributed by atoms with Gasteiger partial charge in [0.05, 0.1) is 21.5 Å². The first kappa shape index (κ1) is 12.0. The Kier molecular flexibility index (Phi) is 2.86. The summed E-state index contributed by atoms with van der Waals surface area (Å²) in [5.74, 6) is -0.124. The Hall–Kier alpha value is -2.09. The van der Waals surface area contributed by atoms with Crippen molar-refractivity contribution in [1.29, 1.82) is 5.26 Å². The maximum Gasteiger partial charge on any atom is 0.206 e. The minimum atomic E-state index is -0.124. The average molecular weight is 287 g/mol.